The molecule has 1 unspecified atom stereocenters. The Morgan fingerprint density at radius 3 is 2.97 bits per heavy atom. The van der Waals surface area contributed by atoms with Gasteiger partial charge in [-0.05, 0) is 63.4 Å². The summed E-state index contributed by atoms with van der Waals surface area (Å²) < 4.78 is 24.1. The largest absolute Gasteiger partial charge is 0.460 e. The van der Waals surface area contributed by atoms with Gasteiger partial charge in [-0.15, -0.1) is 0 Å². The Kier molecular flexibility index (Phi) is 6.46. The first-order valence-electron chi connectivity index (χ1n) is 10.7. The van der Waals surface area contributed by atoms with E-state index in [1.165, 1.54) is 12.1 Å². The summed E-state index contributed by atoms with van der Waals surface area (Å²) in [5.41, 5.74) is 1.55. The van der Waals surface area contributed by atoms with E-state index in [2.05, 4.69) is 20.2 Å². The molecule has 1 atom stereocenters. The fourth-order valence-electron chi connectivity index (χ4n) is 3.91. The van der Waals surface area contributed by atoms with E-state index in [-0.39, 0.29) is 11.6 Å². The van der Waals surface area contributed by atoms with Gasteiger partial charge in [0.25, 0.3) is 0 Å². The summed E-state index contributed by atoms with van der Waals surface area (Å²) in [6.45, 7) is 6.24. The predicted molar refractivity (Wildman–Crippen MR) is 116 cm³/mol. The summed E-state index contributed by atoms with van der Waals surface area (Å²) in [6.07, 6.45) is 2.97. The van der Waals surface area contributed by atoms with Gasteiger partial charge in [0.1, 0.15) is 11.6 Å². The van der Waals surface area contributed by atoms with Gasteiger partial charge >= 0.3 is 5.97 Å². The van der Waals surface area contributed by atoms with Crippen molar-refractivity contribution < 1.29 is 18.3 Å². The number of halogens is 1. The summed E-state index contributed by atoms with van der Waals surface area (Å²) in [7, 11) is 0. The standard InChI is InChI=1S/C23H27FN4O3/c1-3-30-22(29)21-9-7-18(31-21)14-25-17-5-4-11-28(12-10-17)23-26-15(2)19-13-16(24)6-8-20(19)27-23/h6-9,13,17,25H,3-5,10-12,14H2,1-2H3. The molecule has 7 nitrogen and oxygen atoms in total. The van der Waals surface area contributed by atoms with Crippen LogP contribution in [-0.4, -0.2) is 41.7 Å². The van der Waals surface area contributed by atoms with Crippen molar-refractivity contribution in [1.82, 2.24) is 15.3 Å². The van der Waals surface area contributed by atoms with Crippen molar-refractivity contribution in [3.8, 4) is 0 Å². The highest BCUT2D eigenvalue weighted by atomic mass is 19.1. The Labute approximate surface area is 180 Å². The van der Waals surface area contributed by atoms with E-state index in [4.69, 9.17) is 9.15 Å². The highest BCUT2D eigenvalue weighted by Gasteiger charge is 2.20. The van der Waals surface area contributed by atoms with Gasteiger partial charge in [0.05, 0.1) is 24.4 Å². The number of hydrogen-bond donors (Lipinski definition) is 1. The molecular formula is C23H27FN4O3. The first-order valence-corrected chi connectivity index (χ1v) is 10.7. The molecule has 164 valence electrons. The van der Waals surface area contributed by atoms with Gasteiger partial charge < -0.3 is 19.4 Å². The van der Waals surface area contributed by atoms with Gasteiger partial charge in [0.2, 0.25) is 11.7 Å². The monoisotopic (exact) mass is 426 g/mol. The van der Waals surface area contributed by atoms with Crippen LogP contribution in [0.2, 0.25) is 0 Å². The molecule has 1 aliphatic heterocycles. The molecule has 31 heavy (non-hydrogen) atoms. The number of furan rings is 1. The lowest BCUT2D eigenvalue weighted by molar-refractivity contribution is 0.0487. The molecule has 3 heterocycles. The van der Waals surface area contributed by atoms with E-state index in [9.17, 15) is 9.18 Å². The highest BCUT2D eigenvalue weighted by Crippen LogP contribution is 2.22. The molecule has 1 N–H and O–H groups in total. The van der Waals surface area contributed by atoms with E-state index < -0.39 is 5.97 Å². The molecule has 1 aromatic carbocycles. The van der Waals surface area contributed by atoms with Crippen molar-refractivity contribution in [2.45, 2.75) is 45.7 Å². The van der Waals surface area contributed by atoms with Crippen LogP contribution >= 0.6 is 0 Å². The lowest BCUT2D eigenvalue weighted by Gasteiger charge is -2.21. The third kappa shape index (κ3) is 5.02. The zero-order chi connectivity index (χ0) is 21.8. The third-order valence-electron chi connectivity index (χ3n) is 5.55. The highest BCUT2D eigenvalue weighted by molar-refractivity contribution is 5.86. The number of anilines is 1. The zero-order valence-electron chi connectivity index (χ0n) is 17.9. The van der Waals surface area contributed by atoms with E-state index in [0.717, 1.165) is 48.9 Å². The predicted octanol–water partition coefficient (Wildman–Crippen LogP) is 4.00. The molecule has 0 aliphatic carbocycles. The van der Waals surface area contributed by atoms with Crippen LogP contribution in [0.5, 0.6) is 0 Å². The van der Waals surface area contributed by atoms with Crippen LogP contribution in [0.1, 0.15) is 48.2 Å². The molecule has 1 aliphatic rings. The Bertz CT molecular complexity index is 1070. The minimum absolute atomic E-state index is 0.231. The third-order valence-corrected chi connectivity index (χ3v) is 5.55. The smallest absolute Gasteiger partial charge is 0.374 e. The van der Waals surface area contributed by atoms with Crippen molar-refractivity contribution in [1.29, 1.82) is 0 Å². The number of rotatable bonds is 6. The molecule has 4 rings (SSSR count). The quantitative estimate of drug-likeness (QED) is 0.597. The number of carbonyl (C=O) groups is 1. The number of nitrogens with one attached hydrogen (secondary N) is 1. The Morgan fingerprint density at radius 1 is 1.26 bits per heavy atom. The zero-order valence-corrected chi connectivity index (χ0v) is 17.9. The molecule has 1 saturated heterocycles. The van der Waals surface area contributed by atoms with Crippen molar-refractivity contribution in [2.24, 2.45) is 0 Å². The van der Waals surface area contributed by atoms with Gasteiger partial charge in [-0.2, -0.15) is 0 Å². The first kappa shape index (κ1) is 21.2. The summed E-state index contributed by atoms with van der Waals surface area (Å²) in [6, 6.07) is 8.41. The van der Waals surface area contributed by atoms with Crippen LogP contribution in [0.4, 0.5) is 10.3 Å². The molecule has 0 amide bonds. The van der Waals surface area contributed by atoms with Gasteiger partial charge in [-0.1, -0.05) is 0 Å². The number of aromatic nitrogens is 2. The SMILES string of the molecule is CCOC(=O)c1ccc(CNC2CCCN(c3nc(C)c4cc(F)ccc4n3)CC2)o1. The summed E-state index contributed by atoms with van der Waals surface area (Å²) in [5.74, 6) is 0.926. The van der Waals surface area contributed by atoms with Gasteiger partial charge in [-0.3, -0.25) is 0 Å². The molecule has 3 aromatic rings. The van der Waals surface area contributed by atoms with E-state index in [0.29, 0.717) is 30.9 Å². The van der Waals surface area contributed by atoms with Crippen LogP contribution < -0.4 is 10.2 Å². The minimum Gasteiger partial charge on any atom is -0.460 e. The number of ether oxygens (including phenoxy) is 1. The summed E-state index contributed by atoms with van der Waals surface area (Å²) >= 11 is 0. The lowest BCUT2D eigenvalue weighted by atomic mass is 10.1. The molecule has 2 aromatic heterocycles. The van der Waals surface area contributed by atoms with Crippen molar-refractivity contribution >= 4 is 22.8 Å². The molecular weight excluding hydrogens is 399 g/mol. The van der Waals surface area contributed by atoms with Gasteiger partial charge in [0, 0.05) is 24.5 Å². The van der Waals surface area contributed by atoms with Crippen LogP contribution in [0.25, 0.3) is 10.9 Å². The van der Waals surface area contributed by atoms with Crippen LogP contribution in [0.3, 0.4) is 0 Å². The number of nitrogens with zero attached hydrogens (tertiary/aromatic N) is 3. The molecule has 1 fully saturated rings. The second-order valence-electron chi connectivity index (χ2n) is 7.75. The van der Waals surface area contributed by atoms with Gasteiger partial charge in [0.15, 0.2) is 0 Å². The average Bonchev–Trinajstić information content (AvgIpc) is 3.11. The summed E-state index contributed by atoms with van der Waals surface area (Å²) in [5, 5.41) is 4.28. The number of benzene rings is 1. The Balaban J connectivity index is 1.36. The van der Waals surface area contributed by atoms with E-state index in [1.807, 2.05) is 6.92 Å². The number of aryl methyl sites for hydroxylation is 1. The molecule has 8 heteroatoms. The normalized spacial score (nSPS) is 17.0. The molecule has 0 bridgehead atoms. The maximum Gasteiger partial charge on any atom is 0.374 e. The number of carbonyl (C=O) groups excluding carboxylic acids is 1. The van der Waals surface area contributed by atoms with Crippen molar-refractivity contribution in [2.75, 3.05) is 24.6 Å². The number of fused-ring (bicyclic) bond motifs is 1. The maximum absolute atomic E-state index is 13.5. The van der Waals surface area contributed by atoms with E-state index in [1.54, 1.807) is 25.1 Å². The second kappa shape index (κ2) is 9.43. The molecule has 0 spiro atoms. The van der Waals surface area contributed by atoms with Crippen molar-refractivity contribution in [3.05, 3.63) is 53.4 Å². The minimum atomic E-state index is -0.438. The van der Waals surface area contributed by atoms with Crippen LogP contribution in [-0.2, 0) is 11.3 Å². The van der Waals surface area contributed by atoms with Crippen molar-refractivity contribution in [3.63, 3.8) is 0 Å². The fourth-order valence-corrected chi connectivity index (χ4v) is 3.91. The van der Waals surface area contributed by atoms with Crippen LogP contribution in [0.15, 0.2) is 34.7 Å². The molecule has 0 radical (unpaired) electrons. The lowest BCUT2D eigenvalue weighted by Crippen LogP contribution is -2.31. The Morgan fingerprint density at radius 2 is 2.13 bits per heavy atom. The first-order chi connectivity index (χ1) is 15.0. The topological polar surface area (TPSA) is 80.5 Å². The Hall–Kier alpha value is -3.00. The second-order valence-corrected chi connectivity index (χ2v) is 7.75. The number of hydrogen-bond acceptors (Lipinski definition) is 7. The van der Waals surface area contributed by atoms with Gasteiger partial charge in [-0.25, -0.2) is 19.2 Å². The maximum atomic E-state index is 13.5. The average molecular weight is 426 g/mol. The number of esters is 1. The fraction of sp³-hybridized carbons (Fsp3) is 0.435. The van der Waals surface area contributed by atoms with E-state index >= 15 is 0 Å². The van der Waals surface area contributed by atoms with Crippen LogP contribution in [0, 0.1) is 12.7 Å². The summed E-state index contributed by atoms with van der Waals surface area (Å²) in [4.78, 5) is 23.2. The molecule has 0 saturated carbocycles.